The van der Waals surface area contributed by atoms with Crippen LogP contribution in [0.3, 0.4) is 0 Å². The van der Waals surface area contributed by atoms with E-state index in [1.807, 2.05) is 0 Å². The minimum absolute atomic E-state index is 0.127. The van der Waals surface area contributed by atoms with Crippen molar-refractivity contribution in [3.8, 4) is 0 Å². The van der Waals surface area contributed by atoms with Gasteiger partial charge in [0.15, 0.2) is 0 Å². The second-order valence-electron chi connectivity index (χ2n) is 4.99. The minimum atomic E-state index is -0.944. The number of aromatic nitrogens is 1. The van der Waals surface area contributed by atoms with Crippen LogP contribution in [0.4, 0.5) is 0 Å². The van der Waals surface area contributed by atoms with Gasteiger partial charge in [-0.15, -0.1) is 0 Å². The molecular formula is C13H20N2O4. The molecular weight excluding hydrogens is 248 g/mol. The van der Waals surface area contributed by atoms with Crippen LogP contribution in [0.5, 0.6) is 0 Å². The van der Waals surface area contributed by atoms with Crippen molar-refractivity contribution in [2.45, 2.75) is 32.4 Å². The molecule has 0 aliphatic carbocycles. The van der Waals surface area contributed by atoms with Gasteiger partial charge in [-0.2, -0.15) is 0 Å². The van der Waals surface area contributed by atoms with Crippen LogP contribution in [0.1, 0.15) is 30.8 Å². The van der Waals surface area contributed by atoms with Gasteiger partial charge in [-0.05, 0) is 26.0 Å². The Kier molecular flexibility index (Phi) is 5.11. The first-order chi connectivity index (χ1) is 8.85. The number of nitrogens with one attached hydrogen (secondary N) is 1. The zero-order chi connectivity index (χ0) is 14.5. The van der Waals surface area contributed by atoms with Crippen LogP contribution in [0.2, 0.25) is 0 Å². The molecule has 1 heterocycles. The summed E-state index contributed by atoms with van der Waals surface area (Å²) < 4.78 is 6.75. The number of carboxylic acids is 1. The van der Waals surface area contributed by atoms with Crippen molar-refractivity contribution in [3.05, 3.63) is 24.0 Å². The smallest absolute Gasteiger partial charge is 0.305 e. The molecule has 0 atom stereocenters. The normalized spacial score (nSPS) is 11.3. The lowest BCUT2D eigenvalue weighted by Crippen LogP contribution is -2.45. The summed E-state index contributed by atoms with van der Waals surface area (Å²) in [6.07, 6.45) is 1.66. The zero-order valence-corrected chi connectivity index (χ0v) is 11.5. The van der Waals surface area contributed by atoms with E-state index in [1.165, 1.54) is 0 Å². The predicted molar refractivity (Wildman–Crippen MR) is 70.1 cm³/mol. The van der Waals surface area contributed by atoms with Crippen LogP contribution in [-0.2, 0) is 16.1 Å². The molecule has 2 N–H and O–H groups in total. The summed E-state index contributed by atoms with van der Waals surface area (Å²) in [6, 6.07) is 3.47. The Morgan fingerprint density at radius 3 is 2.74 bits per heavy atom. The highest BCUT2D eigenvalue weighted by atomic mass is 16.5. The van der Waals surface area contributed by atoms with E-state index in [-0.39, 0.29) is 12.3 Å². The third-order valence-corrected chi connectivity index (χ3v) is 2.64. The van der Waals surface area contributed by atoms with E-state index in [4.69, 9.17) is 9.84 Å². The molecule has 6 heteroatoms. The lowest BCUT2D eigenvalue weighted by Gasteiger charge is -2.24. The molecule has 1 aromatic heterocycles. The van der Waals surface area contributed by atoms with E-state index >= 15 is 0 Å². The third-order valence-electron chi connectivity index (χ3n) is 2.64. The summed E-state index contributed by atoms with van der Waals surface area (Å²) in [6.45, 7) is 4.45. The van der Waals surface area contributed by atoms with E-state index in [0.717, 1.165) is 0 Å². The first-order valence-corrected chi connectivity index (χ1v) is 6.04. The van der Waals surface area contributed by atoms with E-state index in [0.29, 0.717) is 18.8 Å². The van der Waals surface area contributed by atoms with E-state index in [9.17, 15) is 9.59 Å². The second kappa shape index (κ2) is 6.38. The molecule has 6 nitrogen and oxygen atoms in total. The van der Waals surface area contributed by atoms with Gasteiger partial charge in [-0.3, -0.25) is 9.59 Å². The minimum Gasteiger partial charge on any atom is -0.481 e. The van der Waals surface area contributed by atoms with Gasteiger partial charge in [0.1, 0.15) is 5.69 Å². The van der Waals surface area contributed by atoms with Gasteiger partial charge in [-0.1, -0.05) is 0 Å². The fourth-order valence-corrected chi connectivity index (χ4v) is 1.80. The average Bonchev–Trinajstić information content (AvgIpc) is 2.71. The Morgan fingerprint density at radius 1 is 1.47 bits per heavy atom. The van der Waals surface area contributed by atoms with Crippen LogP contribution in [0.15, 0.2) is 18.3 Å². The molecule has 0 fully saturated rings. The lowest BCUT2D eigenvalue weighted by molar-refractivity contribution is -0.138. The molecule has 1 rings (SSSR count). The number of carbonyl (C=O) groups excluding carboxylic acids is 1. The second-order valence-corrected chi connectivity index (χ2v) is 4.99. The monoisotopic (exact) mass is 268 g/mol. The van der Waals surface area contributed by atoms with Gasteiger partial charge in [-0.25, -0.2) is 0 Å². The molecule has 0 saturated heterocycles. The number of hydrogen-bond donors (Lipinski definition) is 2. The average molecular weight is 268 g/mol. The van der Waals surface area contributed by atoms with Gasteiger partial charge in [0.05, 0.1) is 13.0 Å². The van der Waals surface area contributed by atoms with Crippen molar-refractivity contribution in [3.63, 3.8) is 0 Å². The highest BCUT2D eigenvalue weighted by Crippen LogP contribution is 2.11. The molecule has 0 radical (unpaired) electrons. The number of amides is 1. The lowest BCUT2D eigenvalue weighted by atomic mass is 10.0. The highest BCUT2D eigenvalue weighted by molar-refractivity contribution is 5.93. The number of ether oxygens (including phenoxy) is 1. The maximum atomic E-state index is 12.1. The standard InChI is InChI=1S/C13H20N2O4/c1-13(2,9-11(16)17)14-12(18)10-5-4-6-15(10)7-8-19-3/h4-6H,7-9H2,1-3H3,(H,14,18)(H,16,17). The fourth-order valence-electron chi connectivity index (χ4n) is 1.80. The fraction of sp³-hybridized carbons (Fsp3) is 0.538. The molecule has 1 aromatic rings. The van der Waals surface area contributed by atoms with E-state index < -0.39 is 11.5 Å². The largest absolute Gasteiger partial charge is 0.481 e. The van der Waals surface area contributed by atoms with E-state index in [1.54, 1.807) is 43.9 Å². The summed E-state index contributed by atoms with van der Waals surface area (Å²) in [5, 5.41) is 11.5. The van der Waals surface area contributed by atoms with Crippen LogP contribution in [0, 0.1) is 0 Å². The quantitative estimate of drug-likeness (QED) is 0.776. The van der Waals surface area contributed by atoms with Crippen LogP contribution in [0.25, 0.3) is 0 Å². The maximum Gasteiger partial charge on any atom is 0.305 e. The summed E-state index contributed by atoms with van der Waals surface area (Å²) in [7, 11) is 1.60. The Morgan fingerprint density at radius 2 is 2.16 bits per heavy atom. The summed E-state index contributed by atoms with van der Waals surface area (Å²) in [5.41, 5.74) is -0.297. The van der Waals surface area contributed by atoms with Crippen molar-refractivity contribution in [2.75, 3.05) is 13.7 Å². The number of carbonyl (C=O) groups is 2. The Labute approximate surface area is 112 Å². The first-order valence-electron chi connectivity index (χ1n) is 6.04. The molecule has 0 saturated carbocycles. The van der Waals surface area contributed by atoms with Crippen LogP contribution >= 0.6 is 0 Å². The van der Waals surface area contributed by atoms with E-state index in [2.05, 4.69) is 5.32 Å². The van der Waals surface area contributed by atoms with Crippen molar-refractivity contribution in [1.82, 2.24) is 9.88 Å². The molecule has 0 aromatic carbocycles. The Balaban J connectivity index is 2.72. The van der Waals surface area contributed by atoms with Gasteiger partial charge >= 0.3 is 5.97 Å². The Bertz CT molecular complexity index is 451. The number of hydrogen-bond acceptors (Lipinski definition) is 3. The molecule has 0 aliphatic heterocycles. The molecule has 106 valence electrons. The van der Waals surface area contributed by atoms with Crippen molar-refractivity contribution in [2.24, 2.45) is 0 Å². The van der Waals surface area contributed by atoms with Gasteiger partial charge in [0, 0.05) is 25.4 Å². The topological polar surface area (TPSA) is 80.6 Å². The predicted octanol–water partition coefficient (Wildman–Crippen LogP) is 1.12. The van der Waals surface area contributed by atoms with Crippen molar-refractivity contribution in [1.29, 1.82) is 0 Å². The van der Waals surface area contributed by atoms with Gasteiger partial charge in [0.25, 0.3) is 5.91 Å². The number of rotatable bonds is 7. The molecule has 19 heavy (non-hydrogen) atoms. The number of nitrogens with zero attached hydrogens (tertiary/aromatic N) is 1. The zero-order valence-electron chi connectivity index (χ0n) is 11.5. The summed E-state index contributed by atoms with van der Waals surface area (Å²) in [4.78, 5) is 22.8. The van der Waals surface area contributed by atoms with Crippen molar-refractivity contribution < 1.29 is 19.4 Å². The summed E-state index contributed by atoms with van der Waals surface area (Å²) in [5.74, 6) is -1.23. The molecule has 0 spiro atoms. The molecule has 0 aliphatic rings. The molecule has 1 amide bonds. The van der Waals surface area contributed by atoms with Gasteiger partial charge < -0.3 is 19.7 Å². The maximum absolute atomic E-state index is 12.1. The number of carboxylic acid groups (broad SMARTS) is 1. The molecule has 0 unspecified atom stereocenters. The third kappa shape index (κ3) is 4.75. The van der Waals surface area contributed by atoms with Gasteiger partial charge in [0.2, 0.25) is 0 Å². The first kappa shape index (κ1) is 15.2. The number of aliphatic carboxylic acids is 1. The summed E-state index contributed by atoms with van der Waals surface area (Å²) >= 11 is 0. The van der Waals surface area contributed by atoms with Crippen molar-refractivity contribution >= 4 is 11.9 Å². The Hall–Kier alpha value is -1.82. The van der Waals surface area contributed by atoms with Crippen LogP contribution < -0.4 is 5.32 Å². The SMILES string of the molecule is COCCn1cccc1C(=O)NC(C)(C)CC(=O)O. The highest BCUT2D eigenvalue weighted by Gasteiger charge is 2.25. The number of methoxy groups -OCH3 is 1. The molecule has 0 bridgehead atoms. The van der Waals surface area contributed by atoms with Crippen LogP contribution in [-0.4, -0.2) is 40.8 Å².